The van der Waals surface area contributed by atoms with Crippen LogP contribution in [0.15, 0.2) is 39.9 Å². The molecule has 16 heteroatoms. The van der Waals surface area contributed by atoms with Gasteiger partial charge in [0.25, 0.3) is 0 Å². The van der Waals surface area contributed by atoms with Crippen molar-refractivity contribution in [2.75, 3.05) is 39.9 Å². The molecule has 1 amide bonds. The molecule has 0 radical (unpaired) electrons. The lowest BCUT2D eigenvalue weighted by molar-refractivity contribution is -0.307. The van der Waals surface area contributed by atoms with Crippen LogP contribution in [0.2, 0.25) is 0 Å². The summed E-state index contributed by atoms with van der Waals surface area (Å²) in [4.78, 5) is 17.7. The molecule has 2 saturated heterocycles. The first kappa shape index (κ1) is 48.2. The molecule has 12 N–H and O–H groups in total. The van der Waals surface area contributed by atoms with Crippen molar-refractivity contribution in [1.82, 2.24) is 16.0 Å². The maximum Gasteiger partial charge on any atom is 0.249 e. The van der Waals surface area contributed by atoms with E-state index >= 15 is 0 Å². The molecule has 2 aliphatic heterocycles. The van der Waals surface area contributed by atoms with Crippen LogP contribution in [0.3, 0.4) is 0 Å². The molecule has 2 heterocycles. The van der Waals surface area contributed by atoms with Crippen molar-refractivity contribution < 1.29 is 49.3 Å². The van der Waals surface area contributed by atoms with E-state index < -0.39 is 78.8 Å². The fraction of sp³-hybridized carbons (Fsp3) is 0.800. The molecular formula is C40H72N6O10. The number of hydrogen-bond donors (Lipinski definition) is 10. The largest absolute Gasteiger partial charge is 0.395 e. The standard InChI is InChI=1S/C40H72N6O10/c1-24(2)9-7-10-25(3)11-8-12-26(4)15-17-44-18-16-31(48)37(51)46-30-21-29(42)34(55-38-28(41)14-13-27(54-38)22-45-19-20-47)32(49)35(30)56-39-33(50)36(43-6)40(5,52)23-53-39/h9,11,15,17,27-36,38-39,43,45,47-50,52H,7-8,10,12-14,16,18-23,41-42H2,1-6H3,(H,46,51)/b25-11+,26-15+,44-17+/t27?,28?,29?,30?,31?,32?,33-,34?,35?,36?,38?,39?,40?/m0/s1. The number of allylic oxidation sites excluding steroid dienone is 6. The van der Waals surface area contributed by atoms with Crippen LogP contribution in [-0.2, 0) is 23.7 Å². The van der Waals surface area contributed by atoms with Crippen LogP contribution in [0, 0.1) is 0 Å². The molecule has 0 aromatic carbocycles. The molecule has 0 spiro atoms. The second kappa shape index (κ2) is 24.1. The van der Waals surface area contributed by atoms with E-state index in [2.05, 4.69) is 53.9 Å². The van der Waals surface area contributed by atoms with E-state index in [1.165, 1.54) is 23.6 Å². The molecule has 0 bridgehead atoms. The zero-order valence-electron chi connectivity index (χ0n) is 34.3. The molecule has 12 unspecified atom stereocenters. The Morgan fingerprint density at radius 2 is 1.70 bits per heavy atom. The maximum atomic E-state index is 13.3. The van der Waals surface area contributed by atoms with Crippen LogP contribution in [-0.4, -0.2) is 157 Å². The average Bonchev–Trinajstić information content (AvgIpc) is 3.13. The summed E-state index contributed by atoms with van der Waals surface area (Å²) in [6, 6.07) is -3.09. The van der Waals surface area contributed by atoms with Gasteiger partial charge >= 0.3 is 0 Å². The van der Waals surface area contributed by atoms with Gasteiger partial charge in [0, 0.05) is 38.3 Å². The molecule has 322 valence electrons. The first-order valence-corrected chi connectivity index (χ1v) is 20.2. The monoisotopic (exact) mass is 797 g/mol. The van der Waals surface area contributed by atoms with Crippen molar-refractivity contribution in [3.63, 3.8) is 0 Å². The van der Waals surface area contributed by atoms with E-state index in [1.807, 2.05) is 13.0 Å². The summed E-state index contributed by atoms with van der Waals surface area (Å²) in [5.74, 6) is -0.701. The number of ether oxygens (including phenoxy) is 4. The molecule has 13 atom stereocenters. The van der Waals surface area contributed by atoms with E-state index in [-0.39, 0.29) is 38.7 Å². The molecule has 3 fully saturated rings. The van der Waals surface area contributed by atoms with E-state index in [1.54, 1.807) is 13.3 Å². The Bertz CT molecular complexity index is 1310. The number of nitrogens with two attached hydrogens (primary N) is 2. The van der Waals surface area contributed by atoms with Gasteiger partial charge in [-0.1, -0.05) is 28.9 Å². The summed E-state index contributed by atoms with van der Waals surface area (Å²) in [6.45, 7) is 10.8. The van der Waals surface area contributed by atoms with Crippen molar-refractivity contribution >= 4 is 12.1 Å². The van der Waals surface area contributed by atoms with Crippen molar-refractivity contribution in [3.05, 3.63) is 34.9 Å². The van der Waals surface area contributed by atoms with E-state index in [0.29, 0.717) is 25.9 Å². The number of aliphatic hydroxyl groups is 5. The minimum atomic E-state index is -1.46. The first-order chi connectivity index (χ1) is 26.6. The molecule has 16 nitrogen and oxygen atoms in total. The van der Waals surface area contributed by atoms with Gasteiger partial charge in [-0.05, 0) is 92.7 Å². The summed E-state index contributed by atoms with van der Waals surface area (Å²) in [5.41, 5.74) is 15.4. The minimum absolute atomic E-state index is 0.0151. The number of aliphatic hydroxyl groups excluding tert-OH is 4. The number of carbonyl (C=O) groups is 1. The minimum Gasteiger partial charge on any atom is -0.395 e. The highest BCUT2D eigenvalue weighted by Gasteiger charge is 2.52. The van der Waals surface area contributed by atoms with Crippen LogP contribution < -0.4 is 27.4 Å². The average molecular weight is 797 g/mol. The quantitative estimate of drug-likeness (QED) is 0.0419. The van der Waals surface area contributed by atoms with Crippen molar-refractivity contribution in [1.29, 1.82) is 0 Å². The van der Waals surface area contributed by atoms with Gasteiger partial charge in [0.05, 0.1) is 37.4 Å². The number of nitrogens with one attached hydrogen (secondary N) is 3. The second-order valence-corrected chi connectivity index (χ2v) is 16.1. The number of amides is 1. The van der Waals surface area contributed by atoms with E-state index in [4.69, 9.17) is 35.5 Å². The Morgan fingerprint density at radius 1 is 1.00 bits per heavy atom. The van der Waals surface area contributed by atoms with Gasteiger partial charge in [-0.25, -0.2) is 0 Å². The lowest BCUT2D eigenvalue weighted by atomic mass is 9.83. The van der Waals surface area contributed by atoms with Crippen LogP contribution in [0.5, 0.6) is 0 Å². The van der Waals surface area contributed by atoms with Gasteiger partial charge < -0.3 is 71.9 Å². The predicted octanol–water partition coefficient (Wildman–Crippen LogP) is 0.0450. The Labute approximate surface area is 333 Å². The van der Waals surface area contributed by atoms with Crippen LogP contribution in [0.1, 0.15) is 86.0 Å². The number of carbonyl (C=O) groups excluding carboxylic acids is 1. The third kappa shape index (κ3) is 15.2. The number of likely N-dealkylation sites (N-methyl/N-ethyl adjacent to an activating group) is 1. The summed E-state index contributed by atoms with van der Waals surface area (Å²) in [6.07, 6.45) is 4.51. The topological polar surface area (TPSA) is 256 Å². The normalized spacial score (nSPS) is 35.1. The molecular weight excluding hydrogens is 724 g/mol. The van der Waals surface area contributed by atoms with E-state index in [0.717, 1.165) is 25.7 Å². The van der Waals surface area contributed by atoms with E-state index in [9.17, 15) is 25.2 Å². The van der Waals surface area contributed by atoms with Crippen LogP contribution >= 0.6 is 0 Å². The Balaban J connectivity index is 1.64. The highest BCUT2D eigenvalue weighted by atomic mass is 16.7. The maximum absolute atomic E-state index is 13.3. The summed E-state index contributed by atoms with van der Waals surface area (Å²) in [7, 11) is 1.59. The van der Waals surface area contributed by atoms with Gasteiger partial charge in [0.1, 0.15) is 36.1 Å². The highest BCUT2D eigenvalue weighted by molar-refractivity contribution is 5.81. The number of nitrogens with zero attached hydrogens (tertiary/aromatic N) is 1. The SMILES string of the molecule is CNC1[C@H](O)C(OC2C(NC(=O)C(O)CC/N=C/C=C(\C)CC/C=C(\C)CCC=C(C)C)CC(N)C(OC3OC(CNCCO)CCC3N)C2O)OCC1(C)O. The van der Waals surface area contributed by atoms with Gasteiger partial charge in [0.15, 0.2) is 12.6 Å². The van der Waals surface area contributed by atoms with Gasteiger partial charge in [0.2, 0.25) is 5.91 Å². The summed E-state index contributed by atoms with van der Waals surface area (Å²) >= 11 is 0. The molecule has 3 rings (SSSR count). The van der Waals surface area contributed by atoms with Crippen LogP contribution in [0.4, 0.5) is 0 Å². The highest BCUT2D eigenvalue weighted by Crippen LogP contribution is 2.32. The Kier molecular flexibility index (Phi) is 20.7. The van der Waals surface area contributed by atoms with Crippen LogP contribution in [0.25, 0.3) is 0 Å². The number of rotatable bonds is 21. The smallest absolute Gasteiger partial charge is 0.249 e. The fourth-order valence-corrected chi connectivity index (χ4v) is 7.29. The number of hydrogen-bond acceptors (Lipinski definition) is 15. The van der Waals surface area contributed by atoms with Gasteiger partial charge in [-0.2, -0.15) is 0 Å². The summed E-state index contributed by atoms with van der Waals surface area (Å²) in [5, 5.41) is 62.4. The zero-order valence-corrected chi connectivity index (χ0v) is 34.3. The Morgan fingerprint density at radius 3 is 2.39 bits per heavy atom. The lowest BCUT2D eigenvalue weighted by Gasteiger charge is -2.49. The van der Waals surface area contributed by atoms with Gasteiger partial charge in [-0.3, -0.25) is 9.79 Å². The molecule has 0 aromatic rings. The molecule has 0 aromatic heterocycles. The second-order valence-electron chi connectivity index (χ2n) is 16.1. The zero-order chi connectivity index (χ0) is 41.4. The molecule has 56 heavy (non-hydrogen) atoms. The lowest BCUT2D eigenvalue weighted by Crippen LogP contribution is -2.69. The molecule has 3 aliphatic rings. The van der Waals surface area contributed by atoms with Crippen molar-refractivity contribution in [2.45, 2.75) is 165 Å². The van der Waals surface area contributed by atoms with Crippen molar-refractivity contribution in [2.24, 2.45) is 16.5 Å². The Hall–Kier alpha value is -2.16. The first-order valence-electron chi connectivity index (χ1n) is 20.2. The van der Waals surface area contributed by atoms with Gasteiger partial charge in [-0.15, -0.1) is 0 Å². The van der Waals surface area contributed by atoms with Crippen molar-refractivity contribution in [3.8, 4) is 0 Å². The third-order valence-electron chi connectivity index (χ3n) is 10.6. The predicted molar refractivity (Wildman–Crippen MR) is 215 cm³/mol. The summed E-state index contributed by atoms with van der Waals surface area (Å²) < 4.78 is 24.3. The number of aliphatic imine (C=N–C) groups is 1. The fourth-order valence-electron chi connectivity index (χ4n) is 7.29. The molecule has 1 saturated carbocycles. The third-order valence-corrected chi connectivity index (χ3v) is 10.6. The molecule has 1 aliphatic carbocycles.